The molecule has 3 heterocycles. The van der Waals surface area contributed by atoms with Crippen LogP contribution in [0.2, 0.25) is 0 Å². The molecule has 0 radical (unpaired) electrons. The molecule has 2 saturated heterocycles. The van der Waals surface area contributed by atoms with Gasteiger partial charge in [-0.3, -0.25) is 19.7 Å². The predicted octanol–water partition coefficient (Wildman–Crippen LogP) is 0.709. The maximum atomic E-state index is 12.9. The Hall–Kier alpha value is -2.58. The van der Waals surface area contributed by atoms with Gasteiger partial charge < -0.3 is 9.84 Å². The molecule has 8 nitrogen and oxygen atoms in total. The number of aryl methyl sites for hydroxylation is 1. The van der Waals surface area contributed by atoms with Crippen molar-refractivity contribution >= 4 is 23.2 Å². The fraction of sp³-hybridized carbons (Fsp3) is 0.375. The Balaban J connectivity index is 1.82. The Labute approximate surface area is 136 Å². The van der Waals surface area contributed by atoms with Crippen LogP contribution in [0.15, 0.2) is 30.4 Å². The normalized spacial score (nSPS) is 33.4. The van der Waals surface area contributed by atoms with E-state index in [1.54, 1.807) is 25.1 Å². The number of hydrogen-bond acceptors (Lipinski definition) is 6. The van der Waals surface area contributed by atoms with E-state index in [-0.39, 0.29) is 11.4 Å². The number of nitrogens with zero attached hydrogens (tertiary/aromatic N) is 2. The minimum absolute atomic E-state index is 0.0394. The second-order valence-electron chi connectivity index (χ2n) is 6.32. The van der Waals surface area contributed by atoms with Crippen LogP contribution in [0.25, 0.3) is 0 Å². The van der Waals surface area contributed by atoms with E-state index >= 15 is 0 Å². The lowest BCUT2D eigenvalue weighted by Crippen LogP contribution is -2.43. The second-order valence-corrected chi connectivity index (χ2v) is 6.32. The molecule has 2 fully saturated rings. The van der Waals surface area contributed by atoms with Crippen LogP contribution in [0.1, 0.15) is 5.56 Å². The van der Waals surface area contributed by atoms with E-state index in [1.165, 1.54) is 12.1 Å². The number of carbonyl (C=O) groups excluding carboxylic acids is 2. The van der Waals surface area contributed by atoms with Gasteiger partial charge >= 0.3 is 0 Å². The van der Waals surface area contributed by atoms with Gasteiger partial charge in [-0.05, 0) is 18.6 Å². The fourth-order valence-corrected chi connectivity index (χ4v) is 3.89. The summed E-state index contributed by atoms with van der Waals surface area (Å²) in [5.41, 5.74) is -0.892. The van der Waals surface area contributed by atoms with E-state index in [0.717, 1.165) is 4.90 Å². The summed E-state index contributed by atoms with van der Waals surface area (Å²) >= 11 is 0. The van der Waals surface area contributed by atoms with E-state index in [9.17, 15) is 24.8 Å². The molecule has 0 aliphatic carbocycles. The Morgan fingerprint density at radius 1 is 1.38 bits per heavy atom. The van der Waals surface area contributed by atoms with Crippen molar-refractivity contribution in [2.24, 2.45) is 11.8 Å². The monoisotopic (exact) mass is 330 g/mol. The number of amides is 2. The highest BCUT2D eigenvalue weighted by Crippen LogP contribution is 2.53. The van der Waals surface area contributed by atoms with Gasteiger partial charge in [-0.1, -0.05) is 18.2 Å². The van der Waals surface area contributed by atoms with Crippen LogP contribution in [0.5, 0.6) is 0 Å². The van der Waals surface area contributed by atoms with Crippen LogP contribution < -0.4 is 4.90 Å². The van der Waals surface area contributed by atoms with Gasteiger partial charge in [0.1, 0.15) is 11.3 Å². The number of ether oxygens (including phenoxy) is 1. The first-order valence-corrected chi connectivity index (χ1v) is 7.50. The van der Waals surface area contributed by atoms with Gasteiger partial charge in [0.25, 0.3) is 5.69 Å². The van der Waals surface area contributed by atoms with Gasteiger partial charge in [0.05, 0.1) is 29.5 Å². The van der Waals surface area contributed by atoms with Gasteiger partial charge in [-0.2, -0.15) is 0 Å². The van der Waals surface area contributed by atoms with Crippen molar-refractivity contribution in [1.82, 2.24) is 0 Å². The van der Waals surface area contributed by atoms with Gasteiger partial charge in [0.2, 0.25) is 11.8 Å². The molecule has 124 valence electrons. The highest BCUT2D eigenvalue weighted by Gasteiger charge is 2.68. The van der Waals surface area contributed by atoms with Crippen LogP contribution in [0.4, 0.5) is 11.4 Å². The summed E-state index contributed by atoms with van der Waals surface area (Å²) in [6, 6.07) is 4.35. The molecule has 1 aromatic rings. The summed E-state index contributed by atoms with van der Waals surface area (Å²) in [6.45, 7) is 1.27. The number of hydrogen-bond donors (Lipinski definition) is 1. The molecule has 24 heavy (non-hydrogen) atoms. The van der Waals surface area contributed by atoms with Gasteiger partial charge in [-0.25, -0.2) is 4.90 Å². The number of anilines is 1. The Morgan fingerprint density at radius 2 is 2.12 bits per heavy atom. The molecule has 1 aromatic carbocycles. The smallest absolute Gasteiger partial charge is 0.293 e. The number of aliphatic hydroxyl groups is 1. The summed E-state index contributed by atoms with van der Waals surface area (Å²) < 4.78 is 5.63. The summed E-state index contributed by atoms with van der Waals surface area (Å²) in [5.74, 6) is -2.71. The SMILES string of the molecule is Cc1ccc(N2C(=O)[C@@H]3[C@@H]4C=C[C@@](CO)(O4)[C@@H]3C2=O)c([N+](=O)[O-])c1. The average Bonchev–Trinajstić information content (AvgIpc) is 3.19. The lowest BCUT2D eigenvalue weighted by Gasteiger charge is -2.26. The second kappa shape index (κ2) is 4.71. The van der Waals surface area contributed by atoms with Crippen molar-refractivity contribution in [3.63, 3.8) is 0 Å². The number of nitro groups is 1. The highest BCUT2D eigenvalue weighted by molar-refractivity contribution is 6.24. The first kappa shape index (κ1) is 15.0. The molecule has 0 spiro atoms. The molecule has 0 unspecified atom stereocenters. The van der Waals surface area contributed by atoms with Crippen molar-refractivity contribution in [2.45, 2.75) is 18.6 Å². The number of benzene rings is 1. The molecule has 0 aromatic heterocycles. The zero-order chi connectivity index (χ0) is 17.2. The predicted molar refractivity (Wildman–Crippen MR) is 81.1 cm³/mol. The van der Waals surface area contributed by atoms with Crippen molar-refractivity contribution in [3.05, 3.63) is 46.0 Å². The molecule has 3 aliphatic rings. The Kier molecular flexibility index (Phi) is 2.94. The van der Waals surface area contributed by atoms with Gasteiger partial charge in [0.15, 0.2) is 0 Å². The van der Waals surface area contributed by atoms with Crippen molar-refractivity contribution in [2.75, 3.05) is 11.5 Å². The highest BCUT2D eigenvalue weighted by atomic mass is 16.6. The maximum Gasteiger partial charge on any atom is 0.293 e. The molecule has 0 saturated carbocycles. The molecule has 1 N–H and O–H groups in total. The van der Waals surface area contributed by atoms with E-state index in [4.69, 9.17) is 4.74 Å². The number of fused-ring (bicyclic) bond motifs is 5. The molecule has 8 heteroatoms. The van der Waals surface area contributed by atoms with Crippen LogP contribution in [-0.4, -0.2) is 40.2 Å². The van der Waals surface area contributed by atoms with E-state index in [1.807, 2.05) is 0 Å². The van der Waals surface area contributed by atoms with E-state index in [0.29, 0.717) is 5.56 Å². The molecule has 3 aliphatic heterocycles. The summed E-state index contributed by atoms with van der Waals surface area (Å²) in [5, 5.41) is 21.0. The van der Waals surface area contributed by atoms with E-state index in [2.05, 4.69) is 0 Å². The average molecular weight is 330 g/mol. The van der Waals surface area contributed by atoms with Crippen LogP contribution in [-0.2, 0) is 14.3 Å². The topological polar surface area (TPSA) is 110 Å². The molecule has 2 amide bonds. The third-order valence-corrected chi connectivity index (χ3v) is 4.97. The minimum atomic E-state index is -1.21. The quantitative estimate of drug-likeness (QED) is 0.378. The maximum absolute atomic E-state index is 12.9. The van der Waals surface area contributed by atoms with Crippen molar-refractivity contribution < 1.29 is 24.4 Å². The van der Waals surface area contributed by atoms with Gasteiger partial charge in [0, 0.05) is 6.07 Å². The van der Waals surface area contributed by atoms with Crippen LogP contribution in [0.3, 0.4) is 0 Å². The standard InChI is InChI=1S/C16H14N2O6/c1-8-2-3-9(10(6-8)18(22)23)17-14(20)12-11-4-5-16(7-19,24-11)13(12)15(17)21/h2-6,11-13,19H,7H2,1H3/t11-,12+,13-,16-/m0/s1. The lowest BCUT2D eigenvalue weighted by atomic mass is 9.77. The zero-order valence-electron chi connectivity index (χ0n) is 12.7. The number of rotatable bonds is 3. The van der Waals surface area contributed by atoms with Crippen molar-refractivity contribution in [3.8, 4) is 0 Å². The largest absolute Gasteiger partial charge is 0.393 e. The lowest BCUT2D eigenvalue weighted by molar-refractivity contribution is -0.384. The van der Waals surface area contributed by atoms with Crippen LogP contribution >= 0.6 is 0 Å². The number of imide groups is 1. The summed E-state index contributed by atoms with van der Waals surface area (Å²) in [4.78, 5) is 37.3. The Morgan fingerprint density at radius 3 is 2.79 bits per heavy atom. The number of aliphatic hydroxyl groups excluding tert-OH is 1. The number of nitro benzene ring substituents is 1. The third-order valence-electron chi connectivity index (χ3n) is 4.97. The third kappa shape index (κ3) is 1.69. The first-order valence-electron chi connectivity index (χ1n) is 7.50. The molecule has 4 atom stereocenters. The summed E-state index contributed by atoms with van der Waals surface area (Å²) in [6.07, 6.45) is 2.68. The minimum Gasteiger partial charge on any atom is -0.393 e. The van der Waals surface area contributed by atoms with Crippen molar-refractivity contribution in [1.29, 1.82) is 0 Å². The number of carbonyl (C=O) groups is 2. The Bertz CT molecular complexity index is 819. The first-order chi connectivity index (χ1) is 11.4. The molecule has 4 rings (SSSR count). The zero-order valence-corrected chi connectivity index (χ0v) is 12.7. The molecular weight excluding hydrogens is 316 g/mol. The van der Waals surface area contributed by atoms with Gasteiger partial charge in [-0.15, -0.1) is 0 Å². The fourth-order valence-electron chi connectivity index (χ4n) is 3.89. The van der Waals surface area contributed by atoms with E-state index < -0.39 is 46.9 Å². The van der Waals surface area contributed by atoms with Crippen LogP contribution in [0, 0.1) is 28.9 Å². The summed E-state index contributed by atoms with van der Waals surface area (Å²) in [7, 11) is 0. The molecule has 2 bridgehead atoms. The molecular formula is C16H14N2O6.